The summed E-state index contributed by atoms with van der Waals surface area (Å²) in [6.07, 6.45) is 0. The Hall–Kier alpha value is -4.64. The third-order valence-corrected chi connectivity index (χ3v) is 5.51. The van der Waals surface area contributed by atoms with Gasteiger partial charge in [-0.2, -0.15) is 0 Å². The van der Waals surface area contributed by atoms with E-state index in [1.165, 1.54) is 24.3 Å². The Bertz CT molecular complexity index is 1290. The van der Waals surface area contributed by atoms with Crippen molar-refractivity contribution in [2.24, 2.45) is 0 Å². The van der Waals surface area contributed by atoms with Crippen molar-refractivity contribution in [2.75, 3.05) is 0 Å². The lowest BCUT2D eigenvalue weighted by atomic mass is 10.0. The van der Waals surface area contributed by atoms with Crippen LogP contribution >= 0.6 is 0 Å². The van der Waals surface area contributed by atoms with E-state index in [4.69, 9.17) is 4.74 Å². The number of benzene rings is 4. The lowest BCUT2D eigenvalue weighted by Gasteiger charge is -2.08. The standard InChI is InChI=1S/C30H22O5/c1-19-3-7-21(8-4-19)27(31)29(33)23-11-15-25(16-12-23)35-26-17-13-24(14-18-26)30(34)28(32)22-9-5-20(2)6-10-22/h3-18H,1-2H3. The van der Waals surface area contributed by atoms with Crippen LogP contribution in [0.5, 0.6) is 11.5 Å². The van der Waals surface area contributed by atoms with Crippen LogP contribution in [0.1, 0.15) is 52.6 Å². The normalized spacial score (nSPS) is 10.5. The second-order valence-electron chi connectivity index (χ2n) is 8.20. The van der Waals surface area contributed by atoms with Crippen molar-refractivity contribution in [1.29, 1.82) is 0 Å². The summed E-state index contributed by atoms with van der Waals surface area (Å²) in [6.45, 7) is 3.82. The highest BCUT2D eigenvalue weighted by Gasteiger charge is 2.19. The van der Waals surface area contributed by atoms with Crippen molar-refractivity contribution in [3.05, 3.63) is 130 Å². The molecule has 0 aliphatic carbocycles. The van der Waals surface area contributed by atoms with Crippen molar-refractivity contribution < 1.29 is 23.9 Å². The molecule has 0 unspecified atom stereocenters. The van der Waals surface area contributed by atoms with Gasteiger partial charge in [0.25, 0.3) is 0 Å². The lowest BCUT2D eigenvalue weighted by Crippen LogP contribution is -2.14. The molecule has 172 valence electrons. The molecule has 0 aliphatic rings. The quantitative estimate of drug-likeness (QED) is 0.229. The van der Waals surface area contributed by atoms with Crippen molar-refractivity contribution in [3.8, 4) is 11.5 Å². The number of carbonyl (C=O) groups excluding carboxylic acids is 4. The minimum absolute atomic E-state index is 0.262. The summed E-state index contributed by atoms with van der Waals surface area (Å²) in [5.41, 5.74) is 3.22. The van der Waals surface area contributed by atoms with Crippen LogP contribution in [0.3, 0.4) is 0 Å². The van der Waals surface area contributed by atoms with Crippen LogP contribution in [-0.2, 0) is 0 Å². The van der Waals surface area contributed by atoms with E-state index >= 15 is 0 Å². The van der Waals surface area contributed by atoms with E-state index in [1.54, 1.807) is 72.8 Å². The average Bonchev–Trinajstić information content (AvgIpc) is 2.89. The maximum Gasteiger partial charge on any atom is 0.233 e. The van der Waals surface area contributed by atoms with Gasteiger partial charge in [-0.1, -0.05) is 59.7 Å². The molecular weight excluding hydrogens is 440 g/mol. The summed E-state index contributed by atoms with van der Waals surface area (Å²) in [5, 5.41) is 0. The molecule has 0 aromatic heterocycles. The first-order valence-electron chi connectivity index (χ1n) is 11.0. The monoisotopic (exact) mass is 462 g/mol. The number of Topliss-reactive ketones (excluding diaryl/α,β-unsaturated/α-hetero) is 4. The molecule has 4 rings (SSSR count). The summed E-state index contributed by atoms with van der Waals surface area (Å²) in [5.74, 6) is -1.42. The highest BCUT2D eigenvalue weighted by Crippen LogP contribution is 2.23. The van der Waals surface area contributed by atoms with Gasteiger partial charge in [0.05, 0.1) is 0 Å². The third-order valence-electron chi connectivity index (χ3n) is 5.51. The minimum Gasteiger partial charge on any atom is -0.457 e. The van der Waals surface area contributed by atoms with Gasteiger partial charge >= 0.3 is 0 Å². The molecule has 0 saturated carbocycles. The fourth-order valence-electron chi connectivity index (χ4n) is 3.42. The topological polar surface area (TPSA) is 77.5 Å². The van der Waals surface area contributed by atoms with E-state index in [2.05, 4.69) is 0 Å². The largest absolute Gasteiger partial charge is 0.457 e. The van der Waals surface area contributed by atoms with Crippen molar-refractivity contribution >= 4 is 23.1 Å². The van der Waals surface area contributed by atoms with Crippen molar-refractivity contribution in [1.82, 2.24) is 0 Å². The van der Waals surface area contributed by atoms with E-state index in [0.29, 0.717) is 22.6 Å². The lowest BCUT2D eigenvalue weighted by molar-refractivity contribution is 0.0817. The summed E-state index contributed by atoms with van der Waals surface area (Å²) in [7, 11) is 0. The second-order valence-corrected chi connectivity index (χ2v) is 8.20. The zero-order valence-electron chi connectivity index (χ0n) is 19.3. The maximum absolute atomic E-state index is 12.5. The van der Waals surface area contributed by atoms with E-state index in [-0.39, 0.29) is 11.1 Å². The Balaban J connectivity index is 1.40. The Kier molecular flexibility index (Phi) is 6.78. The number of aryl methyl sites for hydroxylation is 2. The molecule has 4 aromatic carbocycles. The van der Waals surface area contributed by atoms with Gasteiger partial charge in [-0.3, -0.25) is 19.2 Å². The highest BCUT2D eigenvalue weighted by atomic mass is 16.5. The van der Waals surface area contributed by atoms with Crippen LogP contribution in [0.2, 0.25) is 0 Å². The van der Waals surface area contributed by atoms with Crippen LogP contribution in [0.25, 0.3) is 0 Å². The minimum atomic E-state index is -0.596. The molecule has 0 fully saturated rings. The van der Waals surface area contributed by atoms with Gasteiger partial charge in [0.15, 0.2) is 0 Å². The van der Waals surface area contributed by atoms with Gasteiger partial charge in [0, 0.05) is 22.3 Å². The fraction of sp³-hybridized carbons (Fsp3) is 0.0667. The van der Waals surface area contributed by atoms with E-state index in [9.17, 15) is 19.2 Å². The SMILES string of the molecule is Cc1ccc(C(=O)C(=O)c2ccc(Oc3ccc(C(=O)C(=O)c4ccc(C)cc4)cc3)cc2)cc1. The van der Waals surface area contributed by atoms with Crippen molar-refractivity contribution in [2.45, 2.75) is 13.8 Å². The summed E-state index contributed by atoms with van der Waals surface area (Å²) in [4.78, 5) is 49.9. The predicted octanol–water partition coefficient (Wildman–Crippen LogP) is 6.23. The van der Waals surface area contributed by atoms with Gasteiger partial charge in [0.1, 0.15) is 11.5 Å². The molecule has 0 heterocycles. The molecule has 4 aromatic rings. The number of hydrogen-bond donors (Lipinski definition) is 0. The average molecular weight is 463 g/mol. The fourth-order valence-corrected chi connectivity index (χ4v) is 3.42. The Morgan fingerprint density at radius 3 is 0.886 bits per heavy atom. The first-order valence-corrected chi connectivity index (χ1v) is 11.0. The maximum atomic E-state index is 12.5. The molecule has 35 heavy (non-hydrogen) atoms. The summed E-state index contributed by atoms with van der Waals surface area (Å²) < 4.78 is 5.77. The Morgan fingerprint density at radius 2 is 0.629 bits per heavy atom. The van der Waals surface area contributed by atoms with Gasteiger partial charge in [0.2, 0.25) is 23.1 Å². The van der Waals surface area contributed by atoms with E-state index < -0.39 is 23.1 Å². The summed E-state index contributed by atoms with van der Waals surface area (Å²) >= 11 is 0. The molecule has 0 amide bonds. The zero-order valence-corrected chi connectivity index (χ0v) is 19.3. The zero-order chi connectivity index (χ0) is 24.9. The molecule has 5 nitrogen and oxygen atoms in total. The van der Waals surface area contributed by atoms with Gasteiger partial charge in [-0.15, -0.1) is 0 Å². The number of ketones is 4. The second kappa shape index (κ2) is 10.1. The molecule has 5 heteroatoms. The first-order chi connectivity index (χ1) is 16.8. The van der Waals surface area contributed by atoms with Gasteiger partial charge < -0.3 is 4.74 Å². The van der Waals surface area contributed by atoms with E-state index in [0.717, 1.165) is 11.1 Å². The molecule has 0 spiro atoms. The number of carbonyl (C=O) groups is 4. The van der Waals surface area contributed by atoms with Crippen LogP contribution in [0, 0.1) is 13.8 Å². The van der Waals surface area contributed by atoms with Crippen LogP contribution < -0.4 is 4.74 Å². The number of ether oxygens (including phenoxy) is 1. The number of hydrogen-bond acceptors (Lipinski definition) is 5. The molecular formula is C30H22O5. The van der Waals surface area contributed by atoms with E-state index in [1.807, 2.05) is 13.8 Å². The van der Waals surface area contributed by atoms with Gasteiger partial charge in [-0.05, 0) is 62.4 Å². The molecule has 0 bridgehead atoms. The molecule has 0 radical (unpaired) electrons. The Labute approximate surface area is 203 Å². The smallest absolute Gasteiger partial charge is 0.233 e. The molecule has 0 atom stereocenters. The summed E-state index contributed by atoms with van der Waals surface area (Å²) in [6, 6.07) is 26.2. The first kappa shape index (κ1) is 23.5. The van der Waals surface area contributed by atoms with Crippen LogP contribution in [0.4, 0.5) is 0 Å². The molecule has 0 N–H and O–H groups in total. The van der Waals surface area contributed by atoms with Crippen molar-refractivity contribution in [3.63, 3.8) is 0 Å². The van der Waals surface area contributed by atoms with Gasteiger partial charge in [-0.25, -0.2) is 0 Å². The third kappa shape index (κ3) is 5.47. The predicted molar refractivity (Wildman–Crippen MR) is 133 cm³/mol. The van der Waals surface area contributed by atoms with Crippen LogP contribution in [0.15, 0.2) is 97.1 Å². The number of rotatable bonds is 8. The Morgan fingerprint density at radius 1 is 0.400 bits per heavy atom. The molecule has 0 aliphatic heterocycles. The molecule has 0 saturated heterocycles. The highest BCUT2D eigenvalue weighted by molar-refractivity contribution is 6.49. The van der Waals surface area contributed by atoms with Crippen LogP contribution in [-0.4, -0.2) is 23.1 Å².